The lowest BCUT2D eigenvalue weighted by Gasteiger charge is -2.26. The first-order chi connectivity index (χ1) is 17.0. The fourth-order valence-corrected chi connectivity index (χ4v) is 4.25. The van der Waals surface area contributed by atoms with Crippen molar-refractivity contribution >= 4 is 5.91 Å². The quantitative estimate of drug-likeness (QED) is 0.416. The van der Waals surface area contributed by atoms with Gasteiger partial charge in [0.2, 0.25) is 0 Å². The number of hydrogen-bond acceptors (Lipinski definition) is 7. The van der Waals surface area contributed by atoms with E-state index in [4.69, 9.17) is 23.5 Å². The van der Waals surface area contributed by atoms with Gasteiger partial charge < -0.3 is 28.4 Å². The summed E-state index contributed by atoms with van der Waals surface area (Å²) in [5, 5.41) is 3.96. The minimum atomic E-state index is -0.109. The van der Waals surface area contributed by atoms with Crippen molar-refractivity contribution in [3.05, 3.63) is 70.6 Å². The van der Waals surface area contributed by atoms with Gasteiger partial charge in [0, 0.05) is 30.8 Å². The Bertz CT molecular complexity index is 1130. The lowest BCUT2D eigenvalue weighted by atomic mass is 10.1. The number of ether oxygens (including phenoxy) is 4. The predicted octanol–water partition coefficient (Wildman–Crippen LogP) is 4.71. The highest BCUT2D eigenvalue weighted by Crippen LogP contribution is 2.31. The molecule has 3 aromatic rings. The molecule has 0 aliphatic carbocycles. The zero-order valence-corrected chi connectivity index (χ0v) is 20.7. The number of hydrogen-bond donors (Lipinski definition) is 0. The summed E-state index contributed by atoms with van der Waals surface area (Å²) >= 11 is 0. The molecule has 4 rings (SSSR count). The fourth-order valence-electron chi connectivity index (χ4n) is 4.25. The molecule has 1 aliphatic rings. The maximum atomic E-state index is 13.7. The molecule has 2 aromatic carbocycles. The average Bonchev–Trinajstić information content (AvgIpc) is 3.51. The zero-order chi connectivity index (χ0) is 24.8. The van der Waals surface area contributed by atoms with E-state index in [1.54, 1.807) is 32.4 Å². The number of aryl methyl sites for hydroxylation is 2. The number of para-hydroxylation sites is 1. The molecular weight excluding hydrogens is 448 g/mol. The van der Waals surface area contributed by atoms with Crippen LogP contribution in [-0.4, -0.2) is 49.4 Å². The molecule has 1 unspecified atom stereocenters. The SMILES string of the molecule is COc1ccccc1CN(CC1CCCO1)C(=O)c1ccc(OCc2c(C)noc2C)c(OC)c1. The second kappa shape index (κ2) is 11.3. The van der Waals surface area contributed by atoms with Crippen LogP contribution >= 0.6 is 0 Å². The Hall–Kier alpha value is -3.52. The number of amides is 1. The number of rotatable bonds is 10. The smallest absolute Gasteiger partial charge is 0.254 e. The van der Waals surface area contributed by atoms with Crippen molar-refractivity contribution in [3.63, 3.8) is 0 Å². The Kier molecular flexibility index (Phi) is 7.92. The third-order valence-electron chi connectivity index (χ3n) is 6.25. The van der Waals surface area contributed by atoms with Crippen molar-refractivity contribution in [3.8, 4) is 17.2 Å². The van der Waals surface area contributed by atoms with E-state index in [1.807, 2.05) is 43.0 Å². The Morgan fingerprint density at radius 1 is 1.09 bits per heavy atom. The van der Waals surface area contributed by atoms with Crippen LogP contribution < -0.4 is 14.2 Å². The highest BCUT2D eigenvalue weighted by atomic mass is 16.5. The highest BCUT2D eigenvalue weighted by molar-refractivity contribution is 5.95. The molecule has 1 aliphatic heterocycles. The molecule has 0 N–H and O–H groups in total. The van der Waals surface area contributed by atoms with Crippen LogP contribution in [0.1, 0.15) is 45.8 Å². The molecule has 1 atom stereocenters. The molecule has 0 bridgehead atoms. The van der Waals surface area contributed by atoms with E-state index in [2.05, 4.69) is 5.16 Å². The zero-order valence-electron chi connectivity index (χ0n) is 20.7. The summed E-state index contributed by atoms with van der Waals surface area (Å²) in [6, 6.07) is 13.0. The van der Waals surface area contributed by atoms with E-state index in [-0.39, 0.29) is 12.0 Å². The van der Waals surface area contributed by atoms with Gasteiger partial charge in [0.05, 0.1) is 31.6 Å². The number of carbonyl (C=O) groups excluding carboxylic acids is 1. The van der Waals surface area contributed by atoms with Gasteiger partial charge in [-0.05, 0) is 51.0 Å². The third kappa shape index (κ3) is 5.77. The molecule has 8 heteroatoms. The van der Waals surface area contributed by atoms with Crippen LogP contribution in [0.3, 0.4) is 0 Å². The Balaban J connectivity index is 1.55. The van der Waals surface area contributed by atoms with E-state index >= 15 is 0 Å². The van der Waals surface area contributed by atoms with Gasteiger partial charge >= 0.3 is 0 Å². The van der Waals surface area contributed by atoms with Gasteiger partial charge in [-0.15, -0.1) is 0 Å². The van der Waals surface area contributed by atoms with Crippen molar-refractivity contribution in [1.82, 2.24) is 10.1 Å². The molecule has 1 aromatic heterocycles. The minimum Gasteiger partial charge on any atom is -0.496 e. The van der Waals surface area contributed by atoms with Crippen molar-refractivity contribution in [2.24, 2.45) is 0 Å². The maximum Gasteiger partial charge on any atom is 0.254 e. The first-order valence-corrected chi connectivity index (χ1v) is 11.8. The van der Waals surface area contributed by atoms with Gasteiger partial charge in [0.25, 0.3) is 5.91 Å². The maximum absolute atomic E-state index is 13.7. The monoisotopic (exact) mass is 480 g/mol. The molecule has 2 heterocycles. The van der Waals surface area contributed by atoms with Crippen molar-refractivity contribution in [2.45, 2.75) is 45.9 Å². The Morgan fingerprint density at radius 3 is 2.57 bits per heavy atom. The number of methoxy groups -OCH3 is 2. The standard InChI is InChI=1S/C27H32N2O6/c1-18-23(19(2)35-28-18)17-34-25-12-11-20(14-26(25)32-4)27(30)29(16-22-9-7-13-33-22)15-21-8-5-6-10-24(21)31-3/h5-6,8,10-12,14,22H,7,9,13,15-17H2,1-4H3. The molecule has 1 fully saturated rings. The molecule has 0 spiro atoms. The minimum absolute atomic E-state index is 0.0215. The lowest BCUT2D eigenvalue weighted by Crippen LogP contribution is -2.37. The van der Waals surface area contributed by atoms with E-state index < -0.39 is 0 Å². The van der Waals surface area contributed by atoms with Crippen molar-refractivity contribution in [1.29, 1.82) is 0 Å². The van der Waals surface area contributed by atoms with Crippen LogP contribution in [0.2, 0.25) is 0 Å². The summed E-state index contributed by atoms with van der Waals surface area (Å²) < 4.78 is 28.1. The second-order valence-electron chi connectivity index (χ2n) is 8.59. The number of aromatic nitrogens is 1. The van der Waals surface area contributed by atoms with Gasteiger partial charge in [-0.2, -0.15) is 0 Å². The molecule has 186 valence electrons. The van der Waals surface area contributed by atoms with E-state index in [9.17, 15) is 4.79 Å². The molecule has 0 saturated carbocycles. The van der Waals surface area contributed by atoms with E-state index in [0.717, 1.165) is 47.8 Å². The molecule has 35 heavy (non-hydrogen) atoms. The first kappa shape index (κ1) is 24.6. The van der Waals surface area contributed by atoms with Crippen LogP contribution in [0.4, 0.5) is 0 Å². The highest BCUT2D eigenvalue weighted by Gasteiger charge is 2.25. The summed E-state index contributed by atoms with van der Waals surface area (Å²) in [4.78, 5) is 15.5. The second-order valence-corrected chi connectivity index (χ2v) is 8.59. The summed E-state index contributed by atoms with van der Waals surface area (Å²) in [5.41, 5.74) is 3.13. The van der Waals surface area contributed by atoms with Crippen molar-refractivity contribution < 1.29 is 28.3 Å². The third-order valence-corrected chi connectivity index (χ3v) is 6.25. The molecular formula is C27H32N2O6. The number of carbonyl (C=O) groups is 1. The Morgan fingerprint density at radius 2 is 1.89 bits per heavy atom. The molecule has 0 radical (unpaired) electrons. The fraction of sp³-hybridized carbons (Fsp3) is 0.407. The normalized spacial score (nSPS) is 15.1. The molecule has 8 nitrogen and oxygen atoms in total. The van der Waals surface area contributed by atoms with Gasteiger partial charge in [-0.3, -0.25) is 4.79 Å². The Labute approximate surface area is 205 Å². The summed E-state index contributed by atoms with van der Waals surface area (Å²) in [5.74, 6) is 2.38. The number of nitrogens with zero attached hydrogens (tertiary/aromatic N) is 2. The van der Waals surface area contributed by atoms with Crippen LogP contribution in [0, 0.1) is 13.8 Å². The van der Waals surface area contributed by atoms with Crippen LogP contribution in [-0.2, 0) is 17.9 Å². The van der Waals surface area contributed by atoms with Gasteiger partial charge in [-0.25, -0.2) is 0 Å². The van der Waals surface area contributed by atoms with E-state index in [1.165, 1.54) is 0 Å². The largest absolute Gasteiger partial charge is 0.496 e. The average molecular weight is 481 g/mol. The predicted molar refractivity (Wildman–Crippen MR) is 130 cm³/mol. The van der Waals surface area contributed by atoms with Crippen LogP contribution in [0.5, 0.6) is 17.2 Å². The topological polar surface area (TPSA) is 83.3 Å². The summed E-state index contributed by atoms with van der Waals surface area (Å²) in [7, 11) is 3.20. The summed E-state index contributed by atoms with van der Waals surface area (Å²) in [6.07, 6.45) is 1.97. The number of benzene rings is 2. The summed E-state index contributed by atoms with van der Waals surface area (Å²) in [6.45, 7) is 5.66. The van der Waals surface area contributed by atoms with Crippen molar-refractivity contribution in [2.75, 3.05) is 27.4 Å². The molecule has 1 amide bonds. The van der Waals surface area contributed by atoms with Crippen LogP contribution in [0.25, 0.3) is 0 Å². The van der Waals surface area contributed by atoms with Crippen LogP contribution in [0.15, 0.2) is 47.0 Å². The van der Waals surface area contributed by atoms with E-state index in [0.29, 0.717) is 36.8 Å². The first-order valence-electron chi connectivity index (χ1n) is 11.8. The van der Waals surface area contributed by atoms with Gasteiger partial charge in [0.1, 0.15) is 18.1 Å². The van der Waals surface area contributed by atoms with Gasteiger partial charge in [0.15, 0.2) is 11.5 Å². The van der Waals surface area contributed by atoms with Gasteiger partial charge in [-0.1, -0.05) is 23.4 Å². The molecule has 1 saturated heterocycles. The lowest BCUT2D eigenvalue weighted by molar-refractivity contribution is 0.0505.